The third-order valence-electron chi connectivity index (χ3n) is 5.02. The van der Waals surface area contributed by atoms with Crippen molar-refractivity contribution in [2.75, 3.05) is 17.2 Å². The van der Waals surface area contributed by atoms with Crippen molar-refractivity contribution in [3.8, 4) is 0 Å². The monoisotopic (exact) mass is 385 g/mol. The third kappa shape index (κ3) is 4.78. The predicted molar refractivity (Wildman–Crippen MR) is 110 cm³/mol. The van der Waals surface area contributed by atoms with E-state index in [4.69, 9.17) is 0 Å². The Balaban J connectivity index is 1.60. The average molecular weight is 386 g/mol. The van der Waals surface area contributed by atoms with Gasteiger partial charge in [-0.3, -0.25) is 4.79 Å². The molecule has 2 aromatic rings. The first kappa shape index (κ1) is 19.6. The van der Waals surface area contributed by atoms with Crippen LogP contribution < -0.4 is 4.90 Å². The standard InChI is InChI=1S/C22H27NO3S/c1-22(2,3)19-10-8-17(9-11-19)16-27(25,26)15-13-21(24)23-14-12-18-6-4-5-7-20(18)23/h4-11H,12-16H2,1-3H3. The second kappa shape index (κ2) is 7.47. The Morgan fingerprint density at radius 3 is 2.37 bits per heavy atom. The van der Waals surface area contributed by atoms with Crippen molar-refractivity contribution < 1.29 is 13.2 Å². The first-order valence-corrected chi connectivity index (χ1v) is 11.2. The first-order valence-electron chi connectivity index (χ1n) is 9.34. The highest BCUT2D eigenvalue weighted by Gasteiger charge is 2.25. The van der Waals surface area contributed by atoms with E-state index in [0.717, 1.165) is 23.2 Å². The minimum Gasteiger partial charge on any atom is -0.312 e. The lowest BCUT2D eigenvalue weighted by Gasteiger charge is -2.19. The zero-order valence-electron chi connectivity index (χ0n) is 16.2. The van der Waals surface area contributed by atoms with Crippen molar-refractivity contribution in [2.45, 2.75) is 44.8 Å². The van der Waals surface area contributed by atoms with Gasteiger partial charge in [0, 0.05) is 18.7 Å². The zero-order chi connectivity index (χ0) is 19.7. The normalized spacial score (nSPS) is 14.3. The van der Waals surface area contributed by atoms with Gasteiger partial charge in [0.2, 0.25) is 5.91 Å². The van der Waals surface area contributed by atoms with Gasteiger partial charge >= 0.3 is 0 Å². The summed E-state index contributed by atoms with van der Waals surface area (Å²) < 4.78 is 25.0. The Morgan fingerprint density at radius 2 is 1.70 bits per heavy atom. The van der Waals surface area contributed by atoms with Crippen LogP contribution >= 0.6 is 0 Å². The van der Waals surface area contributed by atoms with Gasteiger partial charge in [-0.15, -0.1) is 0 Å². The molecule has 144 valence electrons. The highest BCUT2D eigenvalue weighted by Crippen LogP contribution is 2.28. The van der Waals surface area contributed by atoms with Crippen molar-refractivity contribution in [3.05, 3.63) is 65.2 Å². The molecule has 1 amide bonds. The van der Waals surface area contributed by atoms with Gasteiger partial charge in [0.05, 0.1) is 11.5 Å². The summed E-state index contributed by atoms with van der Waals surface area (Å²) >= 11 is 0. The smallest absolute Gasteiger partial charge is 0.228 e. The molecule has 1 aliphatic rings. The quantitative estimate of drug-likeness (QED) is 0.785. The lowest BCUT2D eigenvalue weighted by molar-refractivity contribution is -0.118. The van der Waals surface area contributed by atoms with E-state index < -0.39 is 9.84 Å². The van der Waals surface area contributed by atoms with Gasteiger partial charge in [0.1, 0.15) is 0 Å². The Morgan fingerprint density at radius 1 is 1.04 bits per heavy atom. The number of benzene rings is 2. The van der Waals surface area contributed by atoms with E-state index >= 15 is 0 Å². The molecule has 0 saturated carbocycles. The summed E-state index contributed by atoms with van der Waals surface area (Å²) in [6.07, 6.45) is 0.853. The second-order valence-electron chi connectivity index (χ2n) is 8.21. The number of nitrogens with zero attached hydrogens (tertiary/aromatic N) is 1. The lowest BCUT2D eigenvalue weighted by atomic mass is 9.87. The van der Waals surface area contributed by atoms with E-state index in [2.05, 4.69) is 20.8 Å². The van der Waals surface area contributed by atoms with Crippen LogP contribution in [0, 0.1) is 0 Å². The van der Waals surface area contributed by atoms with E-state index in [-0.39, 0.29) is 29.2 Å². The number of sulfone groups is 1. The number of fused-ring (bicyclic) bond motifs is 1. The molecule has 0 aliphatic carbocycles. The van der Waals surface area contributed by atoms with Gasteiger partial charge in [-0.2, -0.15) is 0 Å². The fourth-order valence-electron chi connectivity index (χ4n) is 3.40. The summed E-state index contributed by atoms with van der Waals surface area (Å²) in [5, 5.41) is 0. The minimum absolute atomic E-state index is 0.0245. The molecule has 0 saturated heterocycles. The van der Waals surface area contributed by atoms with Gasteiger partial charge in [0.15, 0.2) is 9.84 Å². The van der Waals surface area contributed by atoms with Crippen LogP contribution in [-0.4, -0.2) is 26.6 Å². The van der Waals surface area contributed by atoms with E-state index in [0.29, 0.717) is 6.54 Å². The van der Waals surface area contributed by atoms with Crippen molar-refractivity contribution in [3.63, 3.8) is 0 Å². The van der Waals surface area contributed by atoms with E-state index in [1.54, 1.807) is 4.90 Å². The number of anilines is 1. The molecule has 0 aromatic heterocycles. The number of hydrogen-bond acceptors (Lipinski definition) is 3. The maximum atomic E-state index is 12.5. The largest absolute Gasteiger partial charge is 0.312 e. The minimum atomic E-state index is -3.33. The molecule has 0 N–H and O–H groups in total. The van der Waals surface area contributed by atoms with Crippen molar-refractivity contribution in [1.29, 1.82) is 0 Å². The van der Waals surface area contributed by atoms with Gasteiger partial charge in [-0.1, -0.05) is 63.2 Å². The van der Waals surface area contributed by atoms with Crippen molar-refractivity contribution >= 4 is 21.4 Å². The first-order chi connectivity index (χ1) is 12.7. The zero-order valence-corrected chi connectivity index (χ0v) is 17.1. The molecule has 1 heterocycles. The summed E-state index contributed by atoms with van der Waals surface area (Å²) in [5.74, 6) is -0.265. The summed E-state index contributed by atoms with van der Waals surface area (Å²) in [6.45, 7) is 7.01. The van der Waals surface area contributed by atoms with Crippen molar-refractivity contribution in [1.82, 2.24) is 0 Å². The molecule has 4 nitrogen and oxygen atoms in total. The van der Waals surface area contributed by atoms with Crippen LogP contribution in [-0.2, 0) is 32.2 Å². The average Bonchev–Trinajstić information content (AvgIpc) is 3.03. The van der Waals surface area contributed by atoms with Crippen molar-refractivity contribution in [2.24, 2.45) is 0 Å². The summed E-state index contributed by atoms with van der Waals surface area (Å²) in [5.41, 5.74) is 4.04. The lowest BCUT2D eigenvalue weighted by Crippen LogP contribution is -2.30. The molecule has 27 heavy (non-hydrogen) atoms. The predicted octanol–water partition coefficient (Wildman–Crippen LogP) is 3.88. The molecule has 0 spiro atoms. The molecule has 0 atom stereocenters. The third-order valence-corrected chi connectivity index (χ3v) is 6.62. The molecule has 0 radical (unpaired) electrons. The number of carbonyl (C=O) groups excluding carboxylic acids is 1. The molecule has 0 bridgehead atoms. The number of carbonyl (C=O) groups is 1. The highest BCUT2D eigenvalue weighted by atomic mass is 32.2. The van der Waals surface area contributed by atoms with E-state index in [9.17, 15) is 13.2 Å². The molecule has 1 aliphatic heterocycles. The number of rotatable bonds is 5. The Hall–Kier alpha value is -2.14. The SMILES string of the molecule is CC(C)(C)c1ccc(CS(=O)(=O)CCC(=O)N2CCc3ccccc32)cc1. The topological polar surface area (TPSA) is 54.5 Å². The second-order valence-corrected chi connectivity index (χ2v) is 10.4. The number of hydrogen-bond donors (Lipinski definition) is 0. The van der Waals surface area contributed by atoms with E-state index in [1.165, 1.54) is 5.56 Å². The van der Waals surface area contributed by atoms with Gasteiger partial charge in [-0.05, 0) is 34.6 Å². The van der Waals surface area contributed by atoms with Crippen LogP contribution in [0.1, 0.15) is 43.9 Å². The molecule has 3 rings (SSSR count). The maximum Gasteiger partial charge on any atom is 0.228 e. The van der Waals surface area contributed by atoms with Crippen LogP contribution in [0.4, 0.5) is 5.69 Å². The van der Waals surface area contributed by atoms with Gasteiger partial charge in [0.25, 0.3) is 0 Å². The molecule has 0 unspecified atom stereocenters. The summed E-state index contributed by atoms with van der Waals surface area (Å²) in [4.78, 5) is 14.2. The fourth-order valence-corrected chi connectivity index (χ4v) is 4.73. The molecule has 5 heteroatoms. The Bertz CT molecular complexity index is 925. The summed E-state index contributed by atoms with van der Waals surface area (Å²) in [6, 6.07) is 15.5. The summed E-state index contributed by atoms with van der Waals surface area (Å²) in [7, 11) is -3.33. The Kier molecular flexibility index (Phi) is 5.43. The van der Waals surface area contributed by atoms with Crippen LogP contribution in [0.25, 0.3) is 0 Å². The van der Waals surface area contributed by atoms with Crippen LogP contribution in [0.5, 0.6) is 0 Å². The number of amides is 1. The van der Waals surface area contributed by atoms with Gasteiger partial charge < -0.3 is 4.90 Å². The number of para-hydroxylation sites is 1. The maximum absolute atomic E-state index is 12.5. The van der Waals surface area contributed by atoms with Crippen LogP contribution in [0.15, 0.2) is 48.5 Å². The Labute approximate surface area is 162 Å². The fraction of sp³-hybridized carbons (Fsp3) is 0.409. The van der Waals surface area contributed by atoms with E-state index in [1.807, 2.05) is 48.5 Å². The van der Waals surface area contributed by atoms with Crippen LogP contribution in [0.2, 0.25) is 0 Å². The van der Waals surface area contributed by atoms with Crippen LogP contribution in [0.3, 0.4) is 0 Å². The highest BCUT2D eigenvalue weighted by molar-refractivity contribution is 7.90. The van der Waals surface area contributed by atoms with Gasteiger partial charge in [-0.25, -0.2) is 8.42 Å². The molecule has 2 aromatic carbocycles. The molecule has 0 fully saturated rings. The molecular weight excluding hydrogens is 358 g/mol. The molecular formula is C22H27NO3S.